The van der Waals surface area contributed by atoms with Crippen molar-refractivity contribution in [1.29, 1.82) is 0 Å². The Morgan fingerprint density at radius 1 is 0.496 bits per heavy atom. The first-order valence-corrected chi connectivity index (χ1v) is 29.9. The summed E-state index contributed by atoms with van der Waals surface area (Å²) in [6.45, 7) is -2.68. The number of alkyl halides is 42. The Balaban J connectivity index is 1.65. The van der Waals surface area contributed by atoms with Gasteiger partial charge < -0.3 is 38.1 Å². The van der Waals surface area contributed by atoms with Crippen molar-refractivity contribution in [3.05, 3.63) is 102 Å². The van der Waals surface area contributed by atoms with Gasteiger partial charge in [0.15, 0.2) is 5.82 Å². The molecule has 0 radical (unpaired) electrons. The van der Waals surface area contributed by atoms with Gasteiger partial charge in [-0.3, -0.25) is 9.13 Å². The smallest absolute Gasteiger partial charge is 0.434 e. The molecular weight excluding hydrogens is 1740 g/mol. The molecule has 0 spiro atoms. The summed E-state index contributed by atoms with van der Waals surface area (Å²) in [6.07, 6.45) is -138. The van der Waals surface area contributed by atoms with E-state index >= 15 is 13.2 Å². The molecule has 2 atom stereocenters. The maximum Gasteiger partial charge on any atom is 0.434 e. The third-order valence-corrected chi connectivity index (χ3v) is 17.0. The minimum absolute atomic E-state index is 0.0260. The predicted octanol–water partition coefficient (Wildman–Crippen LogP) is 16.7. The third-order valence-electron chi connectivity index (χ3n) is 15.8. The van der Waals surface area contributed by atoms with Crippen molar-refractivity contribution in [3.8, 4) is 11.5 Å². The van der Waals surface area contributed by atoms with Crippen LogP contribution in [0.2, 0.25) is 0 Å². The molecule has 60 heteroatoms. The van der Waals surface area contributed by atoms with Crippen LogP contribution in [0.3, 0.4) is 0 Å². The van der Waals surface area contributed by atoms with Crippen molar-refractivity contribution in [2.75, 3.05) is 0 Å². The first-order chi connectivity index (χ1) is 51.6. The first-order valence-electron chi connectivity index (χ1n) is 29.1. The topological polar surface area (TPSA) is 186 Å². The van der Waals surface area contributed by atoms with Crippen LogP contribution in [0, 0.1) is 5.92 Å². The van der Waals surface area contributed by atoms with Gasteiger partial charge in [0.25, 0.3) is 30.5 Å². The summed E-state index contributed by atoms with van der Waals surface area (Å²) in [5, 5.41) is -3.20. The molecule has 3 N–H and O–H groups in total. The maximum atomic E-state index is 16.2. The van der Waals surface area contributed by atoms with E-state index in [9.17, 15) is 181 Å². The van der Waals surface area contributed by atoms with Gasteiger partial charge in [-0.2, -0.15) is 184 Å². The van der Waals surface area contributed by atoms with Gasteiger partial charge in [-0.05, 0) is 42.5 Å². The van der Waals surface area contributed by atoms with E-state index < -0.39 is 348 Å². The number of nitrogens with zero attached hydrogens (tertiary/aromatic N) is 8. The minimum Gasteiger partial charge on any atom is -0.478 e. The molecule has 0 saturated carbocycles. The van der Waals surface area contributed by atoms with E-state index in [1.165, 1.54) is 0 Å². The number of aliphatic carboxylic acids is 1. The Kier molecular flexibility index (Phi) is 20.9. The zero-order chi connectivity index (χ0) is 87.2. The second-order valence-corrected chi connectivity index (χ2v) is 24.6. The normalized spacial score (nSPS) is 18.1. The Morgan fingerprint density at radius 3 is 1.33 bits per heavy atom. The molecule has 3 aliphatic heterocycles. The van der Waals surface area contributed by atoms with Crippen molar-refractivity contribution >= 4 is 74.0 Å². The molecule has 7 heterocycles. The highest BCUT2D eigenvalue weighted by Crippen LogP contribution is 2.56. The van der Waals surface area contributed by atoms with Gasteiger partial charge in [-0.15, -0.1) is 11.3 Å². The van der Waals surface area contributed by atoms with E-state index in [0.717, 1.165) is 0 Å². The van der Waals surface area contributed by atoms with Crippen LogP contribution in [0.1, 0.15) is 21.4 Å². The van der Waals surface area contributed by atoms with E-state index in [2.05, 4.69) is 48.4 Å². The second kappa shape index (κ2) is 27.4. The number of carboxylic acids is 1. The maximum absolute atomic E-state index is 16.2. The van der Waals surface area contributed by atoms with Gasteiger partial charge in [-0.1, -0.05) is 0 Å². The van der Waals surface area contributed by atoms with Crippen LogP contribution < -0.4 is 37.0 Å². The van der Waals surface area contributed by atoms with Crippen molar-refractivity contribution in [1.82, 2.24) is 18.7 Å². The molecule has 0 fully saturated rings. The molecule has 5 aliphatic rings. The van der Waals surface area contributed by atoms with Gasteiger partial charge in [0.2, 0.25) is 6.10 Å². The number of benzene rings is 1. The molecule has 5 aromatic rings. The Labute approximate surface area is 602 Å². The molecule has 4 aromatic heterocycles. The number of halogens is 42. The van der Waals surface area contributed by atoms with Gasteiger partial charge in [0.05, 0.1) is 27.0 Å². The van der Waals surface area contributed by atoms with Gasteiger partial charge in [0, 0.05) is 22.9 Å². The quantitative estimate of drug-likeness (QED) is 0.0604. The molecule has 0 amide bonds. The fraction of sp³-hybridized carbons (Fsp3) is 0.436. The molecule has 6 bridgehead atoms. The standard InChI is InChI=1S/C55H23F42N9O8S/c1-103-27-18-11(109-36(44(62,63)64)45(65,66)67)2-3-12(110-37(46(68,69)70)47(71,72)73)19(18)28(103)100-31-24-17(8-10(35(107)108)42(56,57)58)115-26(43(59,60)61)25(24)32-102-34-23-16(114-41(54(92,93)94)55(95,96)97)7-6-15(113-40(52(86,87)88)53(89,90)91)22(23)33(106(34)98)101-30-21-14(112-39(50(80,81)82)51(83,84)85)5-4-13(111-38(48(74,75)76)49(77,78)79)20(21)29(99-27)104(30)9-105(31)32/h2-8,12,22,36-41H,9,98H2,1H3,(H,107,108)/b10-8+,99-27?,100-31?,101-33?,102-32?. The fourth-order valence-electron chi connectivity index (χ4n) is 11.5. The third kappa shape index (κ3) is 16.4. The number of fused-ring (bicyclic) bond motifs is 15. The van der Waals surface area contributed by atoms with E-state index in [1.807, 2.05) is 0 Å². The van der Waals surface area contributed by atoms with Crippen molar-refractivity contribution in [3.63, 3.8) is 0 Å². The summed E-state index contributed by atoms with van der Waals surface area (Å²) in [6, 6.07) is -1.45. The highest BCUT2D eigenvalue weighted by atomic mass is 32.1. The summed E-state index contributed by atoms with van der Waals surface area (Å²) in [4.78, 5) is 21.9. The lowest BCUT2D eigenvalue weighted by atomic mass is 9.91. The Hall–Kier alpha value is -9.83. The summed E-state index contributed by atoms with van der Waals surface area (Å²) >= 11 is -1.34. The number of amidine groups is 1. The number of hydrogen-bond donors (Lipinski definition) is 2. The zero-order valence-corrected chi connectivity index (χ0v) is 53.9. The van der Waals surface area contributed by atoms with Crippen LogP contribution in [0.15, 0.2) is 84.9 Å². The predicted molar refractivity (Wildman–Crippen MR) is 288 cm³/mol. The average Bonchev–Trinajstić information content (AvgIpc) is 1.53. The average molecular weight is 1770 g/mol. The number of allylic oxidation sites excluding steroid dienone is 3. The minimum atomic E-state index is -7.14. The highest BCUT2D eigenvalue weighted by molar-refractivity contribution is 7.14. The number of ether oxygens (including phenoxy) is 6. The van der Waals surface area contributed by atoms with Crippen molar-refractivity contribution in [2.45, 2.75) is 136 Å². The van der Waals surface area contributed by atoms with Crippen LogP contribution in [-0.4, -0.2) is 153 Å². The fourth-order valence-corrected chi connectivity index (χ4v) is 12.6. The first kappa shape index (κ1) is 87.6. The van der Waals surface area contributed by atoms with Crippen LogP contribution >= 0.6 is 11.3 Å². The lowest BCUT2D eigenvalue weighted by molar-refractivity contribution is -0.328. The monoisotopic (exact) mass is 1770 g/mol. The Morgan fingerprint density at radius 2 is 0.904 bits per heavy atom. The molecule has 17 nitrogen and oxygen atoms in total. The lowest BCUT2D eigenvalue weighted by Gasteiger charge is -2.31. The van der Waals surface area contributed by atoms with Gasteiger partial charge >= 0.3 is 92.4 Å². The van der Waals surface area contributed by atoms with E-state index in [-0.39, 0.29) is 7.05 Å². The number of carbonyl (C=O) groups is 1. The van der Waals surface area contributed by atoms with Crippen LogP contribution in [0.25, 0.3) is 33.4 Å². The van der Waals surface area contributed by atoms with Gasteiger partial charge in [0.1, 0.15) is 97.7 Å². The number of aliphatic imine (C=N–C) groups is 1. The Bertz CT molecular complexity index is 5140. The summed E-state index contributed by atoms with van der Waals surface area (Å²) < 4.78 is 647. The van der Waals surface area contributed by atoms with Gasteiger partial charge in [-0.25, -0.2) is 35.6 Å². The van der Waals surface area contributed by atoms with Crippen molar-refractivity contribution in [2.24, 2.45) is 38.8 Å². The summed E-state index contributed by atoms with van der Waals surface area (Å²) in [5.74, 6) is -26.1. The number of aromatic nitrogens is 3. The zero-order valence-electron chi connectivity index (χ0n) is 53.1. The summed E-state index contributed by atoms with van der Waals surface area (Å²) in [5.41, 5.74) is -14.8. The van der Waals surface area contributed by atoms with E-state index in [0.29, 0.717) is 0 Å². The van der Waals surface area contributed by atoms with E-state index in [4.69, 9.17) is 5.84 Å². The molecule has 115 heavy (non-hydrogen) atoms. The lowest BCUT2D eigenvalue weighted by Crippen LogP contribution is -2.47. The second-order valence-electron chi connectivity index (χ2n) is 23.6. The number of carboxylic acid groups (broad SMARTS) is 1. The van der Waals surface area contributed by atoms with Crippen LogP contribution in [0.5, 0.6) is 11.5 Å². The van der Waals surface area contributed by atoms with Crippen LogP contribution in [-0.2, 0) is 43.6 Å². The number of nitrogens with two attached hydrogens (primary N) is 1. The highest BCUT2D eigenvalue weighted by Gasteiger charge is 2.66. The largest absolute Gasteiger partial charge is 0.478 e. The number of hydrazine groups is 1. The number of thiophene rings is 1. The molecule has 2 unspecified atom stereocenters. The molecular formula is C55H23F42N9O8S. The number of hydrogen-bond acceptors (Lipinski definition) is 14. The molecule has 10 rings (SSSR count). The molecule has 2 aliphatic carbocycles. The summed E-state index contributed by atoms with van der Waals surface area (Å²) in [7, 11) is -0.0260. The molecule has 636 valence electrons. The SMILES string of the molecule is Cn1c2c3c(c1=Nc1c4c(OC(C(F)(F)F)C(F)(F)F)ccc(OC(C(F)(F)F)C(F)(F)F)c4c4n1Cn1c(c5c(/C=C(\C(=O)O)C(F)(F)F)sc(C(F)(F)F)c5c1=NC1=C5C(OC(C(F)(F)F)C(F)(F)F)=CC=C(OC(C(F)(F)F)C(F)(F)F)C5C(=N4)N1N)=N2)=C(OC(C(F)(F)F)C(F)(F)F)C=CC3OC(C(F)(F)F)C(F)(F)F. The number of rotatable bonds is 14. The molecule has 0 saturated heterocycles. The molecule has 1 aromatic carbocycles. The van der Waals surface area contributed by atoms with Crippen LogP contribution in [0.4, 0.5) is 202 Å². The van der Waals surface area contributed by atoms with E-state index in [1.54, 1.807) is 0 Å². The van der Waals surface area contributed by atoms with Crippen molar-refractivity contribution < 1.29 is 223 Å².